The predicted molar refractivity (Wildman–Crippen MR) is 154 cm³/mol. The summed E-state index contributed by atoms with van der Waals surface area (Å²) in [4.78, 5) is 14.0. The zero-order valence-electron chi connectivity index (χ0n) is 22.7. The first-order valence-corrected chi connectivity index (χ1v) is 15.1. The van der Waals surface area contributed by atoms with E-state index in [2.05, 4.69) is 12.2 Å². The molecule has 0 aromatic heterocycles. The topological polar surface area (TPSA) is 88.5 Å². The van der Waals surface area contributed by atoms with Gasteiger partial charge in [0.15, 0.2) is 11.5 Å². The van der Waals surface area contributed by atoms with Crippen LogP contribution in [0.1, 0.15) is 31.2 Å². The van der Waals surface area contributed by atoms with Gasteiger partial charge in [-0.15, -0.1) is 0 Å². The number of amides is 1. The SMILES string of the molecule is COc1ccc(C2=NN(C3CCN(S(=O)(=O)c4cccc5ccccc45)CC3)C(=O)[C@@H]3CC=CC[C@H]23)cc1OC. The van der Waals surface area contributed by atoms with E-state index >= 15 is 0 Å². The third-order valence-corrected chi connectivity index (χ3v) is 10.3. The van der Waals surface area contributed by atoms with Crippen molar-refractivity contribution in [3.63, 3.8) is 0 Å². The van der Waals surface area contributed by atoms with Crippen LogP contribution < -0.4 is 9.47 Å². The van der Waals surface area contributed by atoms with Crippen molar-refractivity contribution in [3.8, 4) is 11.5 Å². The Labute approximate surface area is 234 Å². The molecular weight excluding hydrogens is 526 g/mol. The monoisotopic (exact) mass is 559 g/mol. The molecule has 3 aromatic carbocycles. The van der Waals surface area contributed by atoms with Crippen LogP contribution in [-0.2, 0) is 14.8 Å². The Morgan fingerprint density at radius 3 is 2.30 bits per heavy atom. The molecule has 1 amide bonds. The molecule has 0 unspecified atom stereocenters. The number of rotatable bonds is 6. The molecule has 0 N–H and O–H groups in total. The number of hydrazone groups is 1. The Morgan fingerprint density at radius 2 is 1.55 bits per heavy atom. The summed E-state index contributed by atoms with van der Waals surface area (Å²) in [5, 5.41) is 8.22. The highest BCUT2D eigenvalue weighted by Gasteiger charge is 2.43. The minimum atomic E-state index is -3.68. The van der Waals surface area contributed by atoms with Crippen molar-refractivity contribution < 1.29 is 22.7 Å². The van der Waals surface area contributed by atoms with Crippen LogP contribution in [0, 0.1) is 11.8 Å². The molecule has 8 nitrogen and oxygen atoms in total. The van der Waals surface area contributed by atoms with Gasteiger partial charge in [-0.2, -0.15) is 9.41 Å². The molecule has 1 aliphatic carbocycles. The standard InChI is InChI=1S/C31H33N3O5S/c1-38-27-15-14-22(20-28(27)39-2)30-25-11-5-6-12-26(25)31(35)34(32-30)23-16-18-33(19-17-23)40(36,37)29-13-7-9-21-8-3-4-10-24(21)29/h3-10,13-15,20,23,25-26H,11-12,16-19H2,1-2H3/t25-,26+/m0/s1. The number of sulfonamides is 1. The lowest BCUT2D eigenvalue weighted by Crippen LogP contribution is -2.52. The van der Waals surface area contributed by atoms with Gasteiger partial charge in [-0.3, -0.25) is 4.79 Å². The van der Waals surface area contributed by atoms with Crippen LogP contribution in [0.25, 0.3) is 10.8 Å². The lowest BCUT2D eigenvalue weighted by molar-refractivity contribution is -0.141. The maximum absolute atomic E-state index is 13.7. The smallest absolute Gasteiger partial charge is 0.247 e. The fraction of sp³-hybridized carbons (Fsp3) is 0.355. The Morgan fingerprint density at radius 1 is 0.850 bits per heavy atom. The normalized spacial score (nSPS) is 22.2. The lowest BCUT2D eigenvalue weighted by Gasteiger charge is -2.42. The van der Waals surface area contributed by atoms with E-state index in [0.29, 0.717) is 48.7 Å². The first-order chi connectivity index (χ1) is 19.4. The number of hydrogen-bond acceptors (Lipinski definition) is 6. The van der Waals surface area contributed by atoms with Crippen molar-refractivity contribution in [2.75, 3.05) is 27.3 Å². The molecule has 40 heavy (non-hydrogen) atoms. The highest BCUT2D eigenvalue weighted by Crippen LogP contribution is 2.39. The van der Waals surface area contributed by atoms with Crippen LogP contribution in [-0.4, -0.2) is 62.7 Å². The summed E-state index contributed by atoms with van der Waals surface area (Å²) in [5.74, 6) is 1.06. The highest BCUT2D eigenvalue weighted by atomic mass is 32.2. The van der Waals surface area contributed by atoms with Crippen molar-refractivity contribution >= 4 is 32.4 Å². The molecule has 0 radical (unpaired) electrons. The van der Waals surface area contributed by atoms with E-state index in [9.17, 15) is 13.2 Å². The molecule has 3 aliphatic rings. The van der Waals surface area contributed by atoms with Crippen molar-refractivity contribution in [1.29, 1.82) is 0 Å². The van der Waals surface area contributed by atoms with Crippen LogP contribution in [0.4, 0.5) is 0 Å². The van der Waals surface area contributed by atoms with Gasteiger partial charge in [-0.05, 0) is 55.3 Å². The molecular formula is C31H33N3O5S. The average Bonchev–Trinajstić information content (AvgIpc) is 3.01. The fourth-order valence-corrected chi connectivity index (χ4v) is 7.90. The van der Waals surface area contributed by atoms with E-state index in [1.54, 1.807) is 35.7 Å². The second-order valence-corrected chi connectivity index (χ2v) is 12.4. The van der Waals surface area contributed by atoms with Crippen LogP contribution in [0.2, 0.25) is 0 Å². The van der Waals surface area contributed by atoms with Crippen molar-refractivity contribution in [1.82, 2.24) is 9.31 Å². The number of nitrogens with zero attached hydrogens (tertiary/aromatic N) is 3. The van der Waals surface area contributed by atoms with Gasteiger partial charge in [-0.25, -0.2) is 13.4 Å². The molecule has 6 rings (SSSR count). The zero-order valence-corrected chi connectivity index (χ0v) is 23.5. The van der Waals surface area contributed by atoms with Crippen LogP contribution in [0.5, 0.6) is 11.5 Å². The molecule has 2 atom stereocenters. The quantitative estimate of drug-likeness (QED) is 0.404. The summed E-state index contributed by atoms with van der Waals surface area (Å²) in [5.41, 5.74) is 1.76. The first kappa shape index (κ1) is 26.5. The minimum absolute atomic E-state index is 0.0151. The summed E-state index contributed by atoms with van der Waals surface area (Å²) >= 11 is 0. The predicted octanol–water partition coefficient (Wildman–Crippen LogP) is 4.84. The number of benzene rings is 3. The molecule has 0 saturated carbocycles. The van der Waals surface area contributed by atoms with Gasteiger partial charge < -0.3 is 9.47 Å². The van der Waals surface area contributed by atoms with Crippen molar-refractivity contribution in [3.05, 3.63) is 78.4 Å². The largest absolute Gasteiger partial charge is 0.493 e. The van der Waals surface area contributed by atoms with Crippen LogP contribution in [0.15, 0.2) is 82.8 Å². The summed E-state index contributed by atoms with van der Waals surface area (Å²) in [6.45, 7) is 0.657. The molecule has 2 aliphatic heterocycles. The Kier molecular flexibility index (Phi) is 7.10. The lowest BCUT2D eigenvalue weighted by atomic mass is 9.76. The number of fused-ring (bicyclic) bond motifs is 2. The van der Waals surface area contributed by atoms with E-state index in [1.807, 2.05) is 48.5 Å². The second kappa shape index (κ2) is 10.7. The van der Waals surface area contributed by atoms with Gasteiger partial charge in [0, 0.05) is 30.0 Å². The van der Waals surface area contributed by atoms with Crippen LogP contribution >= 0.6 is 0 Å². The van der Waals surface area contributed by atoms with Gasteiger partial charge >= 0.3 is 0 Å². The van der Waals surface area contributed by atoms with Gasteiger partial charge in [0.25, 0.3) is 0 Å². The summed E-state index contributed by atoms with van der Waals surface area (Å²) in [6.07, 6.45) is 6.66. The summed E-state index contributed by atoms with van der Waals surface area (Å²) in [6, 6.07) is 18.5. The Hall–Kier alpha value is -3.69. The summed E-state index contributed by atoms with van der Waals surface area (Å²) < 4.78 is 39.9. The number of allylic oxidation sites excluding steroid dienone is 2. The highest BCUT2D eigenvalue weighted by molar-refractivity contribution is 7.89. The van der Waals surface area contributed by atoms with E-state index in [4.69, 9.17) is 14.6 Å². The van der Waals surface area contributed by atoms with E-state index < -0.39 is 10.0 Å². The van der Waals surface area contributed by atoms with Crippen molar-refractivity contribution in [2.45, 2.75) is 36.6 Å². The molecule has 9 heteroatoms. The number of carbonyl (C=O) groups excluding carboxylic acids is 1. The molecule has 0 spiro atoms. The zero-order chi connectivity index (χ0) is 27.9. The van der Waals surface area contributed by atoms with Gasteiger partial charge in [-0.1, -0.05) is 48.6 Å². The van der Waals surface area contributed by atoms with E-state index in [-0.39, 0.29) is 23.8 Å². The maximum atomic E-state index is 13.7. The third-order valence-electron chi connectivity index (χ3n) is 8.36. The number of piperidine rings is 1. The maximum Gasteiger partial charge on any atom is 0.247 e. The molecule has 1 fully saturated rings. The molecule has 1 saturated heterocycles. The van der Waals surface area contributed by atoms with Gasteiger partial charge in [0.1, 0.15) is 0 Å². The van der Waals surface area contributed by atoms with Crippen molar-refractivity contribution in [2.24, 2.45) is 16.9 Å². The summed E-state index contributed by atoms with van der Waals surface area (Å²) in [7, 11) is -0.479. The van der Waals surface area contributed by atoms with Gasteiger partial charge in [0.2, 0.25) is 15.9 Å². The minimum Gasteiger partial charge on any atom is -0.493 e. The third kappa shape index (κ3) is 4.57. The molecule has 0 bridgehead atoms. The number of ether oxygens (including phenoxy) is 2. The molecule has 2 heterocycles. The molecule has 3 aromatic rings. The first-order valence-electron chi connectivity index (χ1n) is 13.7. The number of methoxy groups -OCH3 is 2. The van der Waals surface area contributed by atoms with Gasteiger partial charge in [0.05, 0.1) is 36.8 Å². The van der Waals surface area contributed by atoms with E-state index in [1.165, 1.54) is 0 Å². The van der Waals surface area contributed by atoms with Crippen LogP contribution in [0.3, 0.4) is 0 Å². The Bertz CT molecular complexity index is 1600. The molecule has 208 valence electrons. The number of carbonyl (C=O) groups is 1. The second-order valence-electron chi connectivity index (χ2n) is 10.5. The number of hydrogen-bond donors (Lipinski definition) is 0. The fourth-order valence-electron chi connectivity index (χ4n) is 6.21. The van der Waals surface area contributed by atoms with E-state index in [0.717, 1.165) is 28.5 Å². The Balaban J connectivity index is 1.27. The average molecular weight is 560 g/mol.